The Morgan fingerprint density at radius 1 is 1.06 bits per heavy atom. The average Bonchev–Trinajstić information content (AvgIpc) is 3.42. The number of hydrogen-bond donors (Lipinski definition) is 1. The molecule has 0 aliphatic carbocycles. The van der Waals surface area contributed by atoms with Crippen molar-refractivity contribution in [2.75, 3.05) is 4.90 Å². The molecule has 2 heterocycles. The van der Waals surface area contributed by atoms with Crippen molar-refractivity contribution < 1.29 is 9.59 Å². The summed E-state index contributed by atoms with van der Waals surface area (Å²) < 4.78 is 0. The molecule has 34 heavy (non-hydrogen) atoms. The minimum absolute atomic E-state index is 0.0290. The molecule has 1 aliphatic heterocycles. The maximum Gasteiger partial charge on any atom is 0.245 e. The molecule has 1 aliphatic rings. The number of aromatic amines is 1. The minimum atomic E-state index is -0.434. The van der Waals surface area contributed by atoms with Crippen LogP contribution in [0, 0.1) is 18.3 Å². The van der Waals surface area contributed by atoms with Crippen LogP contribution in [0.15, 0.2) is 95.7 Å². The van der Waals surface area contributed by atoms with Crippen molar-refractivity contribution in [3.8, 4) is 6.07 Å². The highest BCUT2D eigenvalue weighted by Crippen LogP contribution is 2.42. The van der Waals surface area contributed by atoms with E-state index in [9.17, 15) is 14.9 Å². The zero-order valence-electron chi connectivity index (χ0n) is 18.5. The van der Waals surface area contributed by atoms with E-state index in [1.165, 1.54) is 16.7 Å². The molecule has 6 heteroatoms. The van der Waals surface area contributed by atoms with Crippen molar-refractivity contribution >= 4 is 40.0 Å². The van der Waals surface area contributed by atoms with Gasteiger partial charge < -0.3 is 4.98 Å². The van der Waals surface area contributed by atoms with E-state index in [4.69, 9.17) is 0 Å². The number of aromatic nitrogens is 1. The summed E-state index contributed by atoms with van der Waals surface area (Å²) in [5.41, 5.74) is 4.01. The fourth-order valence-electron chi connectivity index (χ4n) is 4.25. The highest BCUT2D eigenvalue weighted by Gasteiger charge is 2.41. The topological polar surface area (TPSA) is 77.0 Å². The second kappa shape index (κ2) is 9.05. The number of anilines is 1. The lowest BCUT2D eigenvalue weighted by Gasteiger charge is -2.18. The lowest BCUT2D eigenvalue weighted by molar-refractivity contribution is -0.117. The van der Waals surface area contributed by atoms with Gasteiger partial charge in [-0.05, 0) is 37.1 Å². The SMILES string of the molecule is Cc1cccc(CC2SC(=C(C#N)C(=O)c3c[nH]c4ccccc34)N(c3ccccc3)C2=O)c1. The van der Waals surface area contributed by atoms with Gasteiger partial charge in [-0.25, -0.2) is 0 Å². The number of carbonyl (C=O) groups excluding carboxylic acids is 2. The van der Waals surface area contributed by atoms with Crippen LogP contribution >= 0.6 is 11.8 Å². The number of nitrogens with one attached hydrogen (secondary N) is 1. The van der Waals surface area contributed by atoms with Crippen LogP contribution in [0.3, 0.4) is 0 Å². The third-order valence-corrected chi connectivity index (χ3v) is 7.12. The van der Waals surface area contributed by atoms with Crippen molar-refractivity contribution in [2.24, 2.45) is 0 Å². The number of nitriles is 1. The Morgan fingerprint density at radius 3 is 2.59 bits per heavy atom. The second-order valence-electron chi connectivity index (χ2n) is 8.18. The first-order valence-electron chi connectivity index (χ1n) is 10.9. The van der Waals surface area contributed by atoms with Crippen LogP contribution in [-0.2, 0) is 11.2 Å². The Labute approximate surface area is 201 Å². The molecule has 1 aromatic heterocycles. The number of allylic oxidation sites excluding steroid dienone is 1. The molecule has 4 aromatic rings. The van der Waals surface area contributed by atoms with Crippen molar-refractivity contribution in [1.29, 1.82) is 5.26 Å². The molecule has 5 rings (SSSR count). The van der Waals surface area contributed by atoms with Crippen molar-refractivity contribution in [2.45, 2.75) is 18.6 Å². The number of hydrogen-bond acceptors (Lipinski definition) is 4. The highest BCUT2D eigenvalue weighted by molar-refractivity contribution is 8.05. The summed E-state index contributed by atoms with van der Waals surface area (Å²) in [6.07, 6.45) is 2.14. The Kier molecular flexibility index (Phi) is 5.79. The lowest BCUT2D eigenvalue weighted by atomic mass is 10.0. The van der Waals surface area contributed by atoms with Gasteiger partial charge in [-0.1, -0.05) is 78.0 Å². The molecular formula is C28H21N3O2S. The van der Waals surface area contributed by atoms with E-state index in [1.54, 1.807) is 6.20 Å². The highest BCUT2D eigenvalue weighted by atomic mass is 32.2. The van der Waals surface area contributed by atoms with E-state index < -0.39 is 11.0 Å². The number of benzene rings is 3. The van der Waals surface area contributed by atoms with E-state index >= 15 is 0 Å². The van der Waals surface area contributed by atoms with Gasteiger partial charge in [0, 0.05) is 28.4 Å². The summed E-state index contributed by atoms with van der Waals surface area (Å²) in [4.78, 5) is 31.8. The molecule has 1 N–H and O–H groups in total. The molecule has 1 amide bonds. The third kappa shape index (κ3) is 3.91. The summed E-state index contributed by atoms with van der Waals surface area (Å²) in [7, 11) is 0. The minimum Gasteiger partial charge on any atom is -0.360 e. The number of ketones is 1. The van der Waals surface area contributed by atoms with Crippen molar-refractivity contribution in [3.63, 3.8) is 0 Å². The molecule has 5 nitrogen and oxygen atoms in total. The molecule has 0 radical (unpaired) electrons. The first-order chi connectivity index (χ1) is 16.6. The van der Waals surface area contributed by atoms with Crippen LogP contribution < -0.4 is 4.90 Å². The van der Waals surface area contributed by atoms with Crippen LogP contribution in [0.4, 0.5) is 5.69 Å². The van der Waals surface area contributed by atoms with E-state index in [2.05, 4.69) is 17.1 Å². The Hall–Kier alpha value is -4.08. The normalized spacial score (nSPS) is 17.1. The van der Waals surface area contributed by atoms with Crippen molar-refractivity contribution in [1.82, 2.24) is 4.98 Å². The Bertz CT molecular complexity index is 1480. The molecule has 3 aromatic carbocycles. The molecule has 0 bridgehead atoms. The quantitative estimate of drug-likeness (QED) is 0.231. The lowest BCUT2D eigenvalue weighted by Crippen LogP contribution is -2.30. The van der Waals surface area contributed by atoms with E-state index in [-0.39, 0.29) is 11.5 Å². The Morgan fingerprint density at radius 2 is 1.82 bits per heavy atom. The smallest absolute Gasteiger partial charge is 0.245 e. The molecule has 1 unspecified atom stereocenters. The molecular weight excluding hydrogens is 442 g/mol. The van der Waals surface area contributed by atoms with Gasteiger partial charge in [-0.2, -0.15) is 5.26 Å². The van der Waals surface area contributed by atoms with E-state index in [1.807, 2.05) is 79.7 Å². The maximum absolute atomic E-state index is 13.6. The summed E-state index contributed by atoms with van der Waals surface area (Å²) in [6.45, 7) is 2.02. The average molecular weight is 464 g/mol. The van der Waals surface area contributed by atoms with Gasteiger partial charge in [0.1, 0.15) is 16.7 Å². The monoisotopic (exact) mass is 463 g/mol. The number of thioether (sulfide) groups is 1. The Balaban J connectivity index is 1.60. The van der Waals surface area contributed by atoms with Gasteiger partial charge in [-0.15, -0.1) is 0 Å². The summed E-state index contributed by atoms with van der Waals surface area (Å²) >= 11 is 1.29. The number of amides is 1. The number of Topliss-reactive ketones (excluding diaryl/α,β-unsaturated/α-hetero) is 1. The fraction of sp³-hybridized carbons (Fsp3) is 0.107. The number of H-pyrrole nitrogens is 1. The van der Waals surface area contributed by atoms with Gasteiger partial charge in [0.25, 0.3) is 0 Å². The molecule has 1 fully saturated rings. The molecule has 0 saturated carbocycles. The van der Waals surface area contributed by atoms with Gasteiger partial charge >= 0.3 is 0 Å². The fourth-order valence-corrected chi connectivity index (χ4v) is 5.55. The molecule has 0 spiro atoms. The number of para-hydroxylation sites is 2. The predicted molar refractivity (Wildman–Crippen MR) is 135 cm³/mol. The summed E-state index contributed by atoms with van der Waals surface area (Å²) in [5, 5.41) is 10.8. The van der Waals surface area contributed by atoms with Gasteiger partial charge in [0.2, 0.25) is 11.7 Å². The van der Waals surface area contributed by atoms with E-state index in [0.717, 1.165) is 22.0 Å². The zero-order chi connectivity index (χ0) is 23.7. The molecule has 1 saturated heterocycles. The molecule has 166 valence electrons. The summed E-state index contributed by atoms with van der Waals surface area (Å²) in [6, 6.07) is 26.8. The summed E-state index contributed by atoms with van der Waals surface area (Å²) in [5.74, 6) is -0.528. The third-order valence-electron chi connectivity index (χ3n) is 5.86. The number of fused-ring (bicyclic) bond motifs is 1. The standard InChI is InChI=1S/C28H21N3O2S/c1-18-8-7-9-19(14-18)15-25-27(33)31(20-10-3-2-4-11-20)28(34-25)22(16-29)26(32)23-17-30-24-13-6-5-12-21(23)24/h2-14,17,25,30H,15H2,1H3. The molecule has 1 atom stereocenters. The van der Waals surface area contributed by atoms with Crippen molar-refractivity contribution in [3.05, 3.63) is 112 Å². The largest absolute Gasteiger partial charge is 0.360 e. The number of nitrogens with zero attached hydrogens (tertiary/aromatic N) is 2. The van der Waals surface area contributed by atoms with Crippen LogP contribution in [0.1, 0.15) is 21.5 Å². The first-order valence-corrected chi connectivity index (χ1v) is 11.8. The number of aryl methyl sites for hydroxylation is 1. The predicted octanol–water partition coefficient (Wildman–Crippen LogP) is 5.79. The second-order valence-corrected chi connectivity index (χ2v) is 9.37. The van der Waals surface area contributed by atoms with Gasteiger partial charge in [0.05, 0.1) is 5.25 Å². The number of carbonyl (C=O) groups is 2. The maximum atomic E-state index is 13.6. The zero-order valence-corrected chi connectivity index (χ0v) is 19.3. The van der Waals surface area contributed by atoms with Crippen LogP contribution in [0.5, 0.6) is 0 Å². The number of rotatable bonds is 5. The first kappa shape index (κ1) is 21.7. The van der Waals surface area contributed by atoms with E-state index in [0.29, 0.717) is 22.7 Å². The van der Waals surface area contributed by atoms with Gasteiger partial charge in [-0.3, -0.25) is 14.5 Å². The van der Waals surface area contributed by atoms with Crippen LogP contribution in [0.25, 0.3) is 10.9 Å². The van der Waals surface area contributed by atoms with Crippen LogP contribution in [0.2, 0.25) is 0 Å². The van der Waals surface area contributed by atoms with Gasteiger partial charge in [0.15, 0.2) is 0 Å². The van der Waals surface area contributed by atoms with Crippen LogP contribution in [-0.4, -0.2) is 21.9 Å².